The lowest BCUT2D eigenvalue weighted by Crippen LogP contribution is -2.23. The minimum absolute atomic E-state index is 0.0133. The van der Waals surface area contributed by atoms with Crippen molar-refractivity contribution in [1.82, 2.24) is 14.5 Å². The fourth-order valence-corrected chi connectivity index (χ4v) is 4.37. The second-order valence-electron chi connectivity index (χ2n) is 8.01. The van der Waals surface area contributed by atoms with Gasteiger partial charge < -0.3 is 9.47 Å². The molecule has 0 saturated heterocycles. The van der Waals surface area contributed by atoms with Gasteiger partial charge in [0.1, 0.15) is 0 Å². The van der Waals surface area contributed by atoms with Crippen molar-refractivity contribution in [2.45, 2.75) is 38.1 Å². The Morgan fingerprint density at radius 1 is 1.03 bits per heavy atom. The number of hydrogen-bond donors (Lipinski definition) is 0. The number of para-hydroxylation sites is 1. The topological polar surface area (TPSA) is 66.2 Å². The van der Waals surface area contributed by atoms with Crippen molar-refractivity contribution >= 4 is 21.8 Å². The van der Waals surface area contributed by atoms with E-state index in [-0.39, 0.29) is 11.6 Å². The molecule has 4 aromatic rings. The summed E-state index contributed by atoms with van der Waals surface area (Å²) in [6.45, 7) is 0.435. The summed E-state index contributed by atoms with van der Waals surface area (Å²) < 4.78 is 13.3. The van der Waals surface area contributed by atoms with Crippen molar-refractivity contribution < 1.29 is 9.47 Å². The zero-order chi connectivity index (χ0) is 21.2. The SMILES string of the molecule is COc1cc2ncn(C3CCCC3)c(=O)c2cc1OCCc1ccc2ccccc2n1. The fourth-order valence-electron chi connectivity index (χ4n) is 4.37. The van der Waals surface area contributed by atoms with Crippen LogP contribution in [0.25, 0.3) is 21.8 Å². The third-order valence-corrected chi connectivity index (χ3v) is 6.06. The Balaban J connectivity index is 1.39. The third-order valence-electron chi connectivity index (χ3n) is 6.06. The van der Waals surface area contributed by atoms with Crippen LogP contribution in [-0.4, -0.2) is 28.3 Å². The number of aromatic nitrogens is 3. The lowest BCUT2D eigenvalue weighted by molar-refractivity contribution is 0.297. The van der Waals surface area contributed by atoms with Crippen molar-refractivity contribution in [2.24, 2.45) is 0 Å². The Morgan fingerprint density at radius 2 is 1.87 bits per heavy atom. The van der Waals surface area contributed by atoms with Crippen LogP contribution < -0.4 is 15.0 Å². The highest BCUT2D eigenvalue weighted by atomic mass is 16.5. The molecule has 2 aromatic heterocycles. The Morgan fingerprint density at radius 3 is 2.71 bits per heavy atom. The van der Waals surface area contributed by atoms with Crippen molar-refractivity contribution in [3.8, 4) is 11.5 Å². The lowest BCUT2D eigenvalue weighted by atomic mass is 10.2. The molecule has 0 N–H and O–H groups in total. The summed E-state index contributed by atoms with van der Waals surface area (Å²) in [7, 11) is 1.60. The Labute approximate surface area is 180 Å². The van der Waals surface area contributed by atoms with Gasteiger partial charge in [-0.3, -0.25) is 14.3 Å². The number of methoxy groups -OCH3 is 1. The van der Waals surface area contributed by atoms with Gasteiger partial charge in [-0.15, -0.1) is 0 Å². The van der Waals surface area contributed by atoms with Gasteiger partial charge in [-0.1, -0.05) is 37.1 Å². The fraction of sp³-hybridized carbons (Fsp3) is 0.320. The molecule has 1 aliphatic carbocycles. The maximum atomic E-state index is 13.1. The van der Waals surface area contributed by atoms with E-state index in [9.17, 15) is 4.79 Å². The molecule has 0 spiro atoms. The molecule has 5 rings (SSSR count). The molecule has 0 amide bonds. The minimum Gasteiger partial charge on any atom is -0.493 e. The average Bonchev–Trinajstić information content (AvgIpc) is 3.34. The smallest absolute Gasteiger partial charge is 0.261 e. The van der Waals surface area contributed by atoms with E-state index in [1.54, 1.807) is 30.1 Å². The van der Waals surface area contributed by atoms with Crippen LogP contribution in [0.2, 0.25) is 0 Å². The number of fused-ring (bicyclic) bond motifs is 2. The van der Waals surface area contributed by atoms with Crippen LogP contribution in [0, 0.1) is 0 Å². The Hall–Kier alpha value is -3.41. The molecule has 0 unspecified atom stereocenters. The van der Waals surface area contributed by atoms with E-state index in [1.807, 2.05) is 24.3 Å². The minimum atomic E-state index is -0.0133. The molecule has 1 aliphatic rings. The second kappa shape index (κ2) is 8.38. The Bertz CT molecular complexity index is 1290. The van der Waals surface area contributed by atoms with Crippen molar-refractivity contribution in [3.63, 3.8) is 0 Å². The predicted octanol–water partition coefficient (Wildman–Crippen LogP) is 4.69. The normalized spacial score (nSPS) is 14.4. The van der Waals surface area contributed by atoms with Crippen LogP contribution in [0.5, 0.6) is 11.5 Å². The van der Waals surface area contributed by atoms with Gasteiger partial charge in [0.15, 0.2) is 11.5 Å². The van der Waals surface area contributed by atoms with Gasteiger partial charge in [0.05, 0.1) is 36.5 Å². The standard InChI is InChI=1S/C25H25N3O3/c1-30-23-15-22-20(25(29)28(16-26-22)19-7-3-4-8-19)14-24(23)31-13-12-18-11-10-17-6-2-5-9-21(17)27-18/h2,5-6,9-11,14-16,19H,3-4,7-8,12-13H2,1H3. The first-order valence-electron chi connectivity index (χ1n) is 10.8. The number of hydrogen-bond acceptors (Lipinski definition) is 5. The largest absolute Gasteiger partial charge is 0.493 e. The van der Waals surface area contributed by atoms with E-state index in [2.05, 4.69) is 17.1 Å². The molecular weight excluding hydrogens is 390 g/mol. The molecule has 1 saturated carbocycles. The van der Waals surface area contributed by atoms with Crippen LogP contribution in [0.3, 0.4) is 0 Å². The highest BCUT2D eigenvalue weighted by molar-refractivity contribution is 5.81. The third kappa shape index (κ3) is 3.85. The molecule has 0 aliphatic heterocycles. The molecule has 158 valence electrons. The van der Waals surface area contributed by atoms with Gasteiger partial charge in [-0.25, -0.2) is 4.98 Å². The number of pyridine rings is 1. The summed E-state index contributed by atoms with van der Waals surface area (Å²) in [5.41, 5.74) is 2.55. The van der Waals surface area contributed by atoms with Gasteiger partial charge in [0, 0.05) is 29.6 Å². The average molecular weight is 415 g/mol. The van der Waals surface area contributed by atoms with Crippen LogP contribution in [-0.2, 0) is 6.42 Å². The summed E-state index contributed by atoms with van der Waals surface area (Å²) in [4.78, 5) is 22.3. The monoisotopic (exact) mass is 415 g/mol. The predicted molar refractivity (Wildman–Crippen MR) is 121 cm³/mol. The molecule has 2 heterocycles. The lowest BCUT2D eigenvalue weighted by Gasteiger charge is -2.15. The molecule has 0 bridgehead atoms. The summed E-state index contributed by atoms with van der Waals surface area (Å²) in [5, 5.41) is 1.68. The molecule has 2 aromatic carbocycles. The van der Waals surface area contributed by atoms with Gasteiger partial charge in [0.2, 0.25) is 0 Å². The molecule has 1 fully saturated rings. The van der Waals surface area contributed by atoms with E-state index in [0.717, 1.165) is 42.3 Å². The number of benzene rings is 2. The zero-order valence-corrected chi connectivity index (χ0v) is 17.6. The van der Waals surface area contributed by atoms with E-state index in [4.69, 9.17) is 14.5 Å². The zero-order valence-electron chi connectivity index (χ0n) is 17.6. The molecule has 31 heavy (non-hydrogen) atoms. The second-order valence-corrected chi connectivity index (χ2v) is 8.01. The highest BCUT2D eigenvalue weighted by Gasteiger charge is 2.20. The van der Waals surface area contributed by atoms with E-state index >= 15 is 0 Å². The molecule has 0 atom stereocenters. The molecular formula is C25H25N3O3. The summed E-state index contributed by atoms with van der Waals surface area (Å²) in [6, 6.07) is 15.9. The van der Waals surface area contributed by atoms with Gasteiger partial charge in [0.25, 0.3) is 5.56 Å². The van der Waals surface area contributed by atoms with Crippen LogP contribution in [0.4, 0.5) is 0 Å². The van der Waals surface area contributed by atoms with Crippen LogP contribution in [0.1, 0.15) is 37.4 Å². The molecule has 6 heteroatoms. The maximum Gasteiger partial charge on any atom is 0.261 e. The van der Waals surface area contributed by atoms with Crippen LogP contribution in [0.15, 0.2) is 59.7 Å². The number of rotatable bonds is 6. The van der Waals surface area contributed by atoms with Gasteiger partial charge >= 0.3 is 0 Å². The summed E-state index contributed by atoms with van der Waals surface area (Å²) >= 11 is 0. The maximum absolute atomic E-state index is 13.1. The molecule has 0 radical (unpaired) electrons. The first-order chi connectivity index (χ1) is 15.2. The summed E-state index contributed by atoms with van der Waals surface area (Å²) in [6.07, 6.45) is 6.72. The number of nitrogens with zero attached hydrogens (tertiary/aromatic N) is 3. The van der Waals surface area contributed by atoms with Crippen molar-refractivity contribution in [3.05, 3.63) is 70.9 Å². The first kappa shape index (κ1) is 19.5. The highest BCUT2D eigenvalue weighted by Crippen LogP contribution is 2.32. The van der Waals surface area contributed by atoms with Crippen molar-refractivity contribution in [2.75, 3.05) is 13.7 Å². The first-order valence-corrected chi connectivity index (χ1v) is 10.8. The quantitative estimate of drug-likeness (QED) is 0.457. The summed E-state index contributed by atoms with van der Waals surface area (Å²) in [5.74, 6) is 1.13. The van der Waals surface area contributed by atoms with Gasteiger partial charge in [-0.2, -0.15) is 0 Å². The van der Waals surface area contributed by atoms with E-state index in [1.165, 1.54) is 0 Å². The number of ether oxygens (including phenoxy) is 2. The Kier molecular flexibility index (Phi) is 5.28. The van der Waals surface area contributed by atoms with Crippen molar-refractivity contribution in [1.29, 1.82) is 0 Å². The van der Waals surface area contributed by atoms with Gasteiger partial charge in [-0.05, 0) is 31.0 Å². The van der Waals surface area contributed by atoms with E-state index < -0.39 is 0 Å². The molecule has 6 nitrogen and oxygen atoms in total. The van der Waals surface area contributed by atoms with E-state index in [0.29, 0.717) is 35.4 Å². The van der Waals surface area contributed by atoms with Crippen LogP contribution >= 0.6 is 0 Å².